The molecule has 0 spiro atoms. The minimum absolute atomic E-state index is 0.407. The number of alkyl halides is 1. The van der Waals surface area contributed by atoms with Crippen LogP contribution in [0.2, 0.25) is 12.1 Å². The fourth-order valence-electron chi connectivity index (χ4n) is 4.06. The van der Waals surface area contributed by atoms with Gasteiger partial charge in [-0.1, -0.05) is 0 Å². The standard InChI is InChI=1S/C22H49FO9Si2/c1-24-15-16-32-18-17-31-14-8-11-22(21-23,12-9-19-33(25-2,26-3)27-4)13-10-20-34(28-5,29-6)30-7/h8-21H2,1-7H3. The fraction of sp³-hybridized carbons (Fsp3) is 1.00. The molecule has 0 heterocycles. The third-order valence-corrected chi connectivity index (χ3v) is 12.0. The second-order valence-electron chi connectivity index (χ2n) is 8.25. The van der Waals surface area contributed by atoms with E-state index in [1.165, 1.54) is 0 Å². The Hall–Kier alpha value is 0.00377. The quantitative estimate of drug-likeness (QED) is 0.129. The van der Waals surface area contributed by atoms with Crippen LogP contribution < -0.4 is 0 Å². The molecule has 0 amide bonds. The summed E-state index contributed by atoms with van der Waals surface area (Å²) in [5.74, 6) is 0. The number of rotatable bonds is 25. The second kappa shape index (κ2) is 20.1. The molecule has 0 N–H and O–H groups in total. The molecule has 12 heteroatoms. The molecule has 0 aromatic heterocycles. The number of hydrogen-bond donors (Lipinski definition) is 0. The molecule has 0 saturated heterocycles. The summed E-state index contributed by atoms with van der Waals surface area (Å²) in [6, 6.07) is 1.28. The molecule has 0 bridgehead atoms. The van der Waals surface area contributed by atoms with Gasteiger partial charge in [-0.05, 0) is 43.9 Å². The molecule has 0 unspecified atom stereocenters. The summed E-state index contributed by atoms with van der Waals surface area (Å²) in [5, 5.41) is 0. The van der Waals surface area contributed by atoms with Gasteiger partial charge in [0.15, 0.2) is 0 Å². The Balaban J connectivity index is 4.89. The Bertz CT molecular complexity index is 427. The molecular formula is C22H49FO9Si2. The lowest BCUT2D eigenvalue weighted by atomic mass is 9.77. The van der Waals surface area contributed by atoms with Gasteiger partial charge in [0.1, 0.15) is 0 Å². The summed E-state index contributed by atoms with van der Waals surface area (Å²) in [5.41, 5.74) is -0.469. The highest BCUT2D eigenvalue weighted by atomic mass is 28.4. The summed E-state index contributed by atoms with van der Waals surface area (Å²) in [6.45, 7) is 2.31. The molecule has 0 aliphatic heterocycles. The lowest BCUT2D eigenvalue weighted by molar-refractivity contribution is 0.0205. The summed E-state index contributed by atoms with van der Waals surface area (Å²) in [7, 11) is 5.85. The maximum Gasteiger partial charge on any atom is 0.500 e. The Labute approximate surface area is 208 Å². The van der Waals surface area contributed by atoms with Crippen LogP contribution in [0.5, 0.6) is 0 Å². The minimum Gasteiger partial charge on any atom is -0.382 e. The third-order valence-electron chi connectivity index (χ3n) is 6.33. The van der Waals surface area contributed by atoms with Crippen LogP contribution >= 0.6 is 0 Å². The van der Waals surface area contributed by atoms with Crippen LogP contribution in [0.25, 0.3) is 0 Å². The minimum atomic E-state index is -2.69. The average molecular weight is 533 g/mol. The molecule has 0 aliphatic carbocycles. The van der Waals surface area contributed by atoms with E-state index < -0.39 is 29.7 Å². The van der Waals surface area contributed by atoms with Crippen molar-refractivity contribution in [3.8, 4) is 0 Å². The van der Waals surface area contributed by atoms with E-state index in [1.54, 1.807) is 49.8 Å². The third kappa shape index (κ3) is 12.8. The van der Waals surface area contributed by atoms with Crippen LogP contribution in [0.15, 0.2) is 0 Å². The van der Waals surface area contributed by atoms with Gasteiger partial charge in [-0.25, -0.2) is 0 Å². The molecule has 0 aromatic carbocycles. The van der Waals surface area contributed by atoms with Crippen molar-refractivity contribution in [2.24, 2.45) is 5.41 Å². The van der Waals surface area contributed by atoms with E-state index in [1.807, 2.05) is 0 Å². The van der Waals surface area contributed by atoms with Crippen LogP contribution in [0.3, 0.4) is 0 Å². The first-order valence-corrected chi connectivity index (χ1v) is 15.8. The van der Waals surface area contributed by atoms with Gasteiger partial charge in [-0.15, -0.1) is 0 Å². The molecule has 0 rings (SSSR count). The van der Waals surface area contributed by atoms with E-state index in [-0.39, 0.29) is 0 Å². The van der Waals surface area contributed by atoms with E-state index in [4.69, 9.17) is 40.8 Å². The number of halogens is 1. The van der Waals surface area contributed by atoms with Gasteiger partial charge >= 0.3 is 17.6 Å². The molecular weight excluding hydrogens is 483 g/mol. The Morgan fingerprint density at radius 1 is 0.529 bits per heavy atom. The van der Waals surface area contributed by atoms with Crippen molar-refractivity contribution in [2.45, 2.75) is 50.6 Å². The van der Waals surface area contributed by atoms with Gasteiger partial charge in [0.25, 0.3) is 0 Å². The van der Waals surface area contributed by atoms with Crippen molar-refractivity contribution in [2.75, 3.05) is 89.5 Å². The molecule has 0 fully saturated rings. The predicted octanol–water partition coefficient (Wildman–Crippen LogP) is 3.72. The van der Waals surface area contributed by atoms with Crippen LogP contribution in [0, 0.1) is 5.41 Å². The van der Waals surface area contributed by atoms with Gasteiger partial charge in [0.2, 0.25) is 0 Å². The predicted molar refractivity (Wildman–Crippen MR) is 133 cm³/mol. The number of ether oxygens (including phenoxy) is 3. The zero-order valence-corrected chi connectivity index (χ0v) is 24.5. The second-order valence-corrected chi connectivity index (χ2v) is 14.4. The molecule has 0 atom stereocenters. The summed E-state index contributed by atoms with van der Waals surface area (Å²) >= 11 is 0. The Kier molecular flexibility index (Phi) is 20.1. The van der Waals surface area contributed by atoms with Gasteiger partial charge < -0.3 is 40.8 Å². The van der Waals surface area contributed by atoms with E-state index in [2.05, 4.69) is 0 Å². The van der Waals surface area contributed by atoms with Crippen molar-refractivity contribution < 1.29 is 45.2 Å². The van der Waals surface area contributed by atoms with Crippen LogP contribution in [-0.2, 0) is 40.8 Å². The first kappa shape index (κ1) is 34.0. The fourth-order valence-corrected chi connectivity index (χ4v) is 7.51. The van der Waals surface area contributed by atoms with Gasteiger partial charge in [-0.3, -0.25) is 4.39 Å². The van der Waals surface area contributed by atoms with Crippen LogP contribution in [0.1, 0.15) is 38.5 Å². The topological polar surface area (TPSA) is 83.1 Å². The monoisotopic (exact) mass is 532 g/mol. The molecule has 0 aliphatic rings. The SMILES string of the molecule is COCCOCCOCCCC(CF)(CCC[Si](OC)(OC)OC)CCC[Si](OC)(OC)OC. The van der Waals surface area contributed by atoms with E-state index >= 15 is 0 Å². The van der Waals surface area contributed by atoms with E-state index in [0.29, 0.717) is 58.0 Å². The maximum atomic E-state index is 14.6. The first-order valence-electron chi connectivity index (χ1n) is 11.9. The maximum absolute atomic E-state index is 14.6. The number of methoxy groups -OCH3 is 1. The van der Waals surface area contributed by atoms with Crippen LogP contribution in [0.4, 0.5) is 4.39 Å². The van der Waals surface area contributed by atoms with Gasteiger partial charge in [0.05, 0.1) is 33.1 Å². The highest BCUT2D eigenvalue weighted by molar-refractivity contribution is 6.60. The molecule has 34 heavy (non-hydrogen) atoms. The van der Waals surface area contributed by atoms with Crippen molar-refractivity contribution in [1.82, 2.24) is 0 Å². The van der Waals surface area contributed by atoms with Crippen molar-refractivity contribution in [3.63, 3.8) is 0 Å². The molecule has 0 radical (unpaired) electrons. The summed E-state index contributed by atoms with van der Waals surface area (Å²) in [4.78, 5) is 0. The highest BCUT2D eigenvalue weighted by Crippen LogP contribution is 2.38. The van der Waals surface area contributed by atoms with Crippen molar-refractivity contribution >= 4 is 17.6 Å². The normalized spacial score (nSPS) is 13.1. The molecule has 9 nitrogen and oxygen atoms in total. The Morgan fingerprint density at radius 3 is 1.29 bits per heavy atom. The van der Waals surface area contributed by atoms with Crippen LogP contribution in [-0.4, -0.2) is 107 Å². The van der Waals surface area contributed by atoms with E-state index in [0.717, 1.165) is 25.7 Å². The summed E-state index contributed by atoms with van der Waals surface area (Å²) < 4.78 is 63.8. The smallest absolute Gasteiger partial charge is 0.382 e. The van der Waals surface area contributed by atoms with Crippen molar-refractivity contribution in [1.29, 1.82) is 0 Å². The van der Waals surface area contributed by atoms with Gasteiger partial charge in [0, 0.05) is 68.5 Å². The van der Waals surface area contributed by atoms with E-state index in [9.17, 15) is 4.39 Å². The number of hydrogen-bond acceptors (Lipinski definition) is 9. The van der Waals surface area contributed by atoms with Crippen molar-refractivity contribution in [3.05, 3.63) is 0 Å². The molecule has 0 saturated carbocycles. The Morgan fingerprint density at radius 2 is 0.912 bits per heavy atom. The largest absolute Gasteiger partial charge is 0.500 e. The average Bonchev–Trinajstić information content (AvgIpc) is 2.88. The molecule has 206 valence electrons. The lowest BCUT2D eigenvalue weighted by Crippen LogP contribution is -2.43. The van der Waals surface area contributed by atoms with Gasteiger partial charge in [-0.2, -0.15) is 0 Å². The summed E-state index contributed by atoms with van der Waals surface area (Å²) in [6.07, 6.45) is 4.40. The molecule has 0 aromatic rings. The highest BCUT2D eigenvalue weighted by Gasteiger charge is 2.41. The zero-order chi connectivity index (χ0) is 25.8. The lowest BCUT2D eigenvalue weighted by Gasteiger charge is -2.34. The zero-order valence-electron chi connectivity index (χ0n) is 22.5. The first-order chi connectivity index (χ1) is 16.4.